The molecule has 1 fully saturated rings. The Kier molecular flexibility index (Phi) is 5.47. The second kappa shape index (κ2) is 8.09. The van der Waals surface area contributed by atoms with Crippen molar-refractivity contribution in [2.75, 3.05) is 5.32 Å². The Morgan fingerprint density at radius 2 is 1.90 bits per heavy atom. The monoisotopic (exact) mass is 429 g/mol. The molecule has 5 nitrogen and oxygen atoms in total. The van der Waals surface area contributed by atoms with Crippen LogP contribution in [0.1, 0.15) is 34.9 Å². The summed E-state index contributed by atoms with van der Waals surface area (Å²) in [5.74, 6) is 0.182. The lowest BCUT2D eigenvalue weighted by molar-refractivity contribution is -0.137. The minimum absolute atomic E-state index is 0.0570. The van der Waals surface area contributed by atoms with Gasteiger partial charge in [0.2, 0.25) is 5.91 Å². The van der Waals surface area contributed by atoms with Crippen molar-refractivity contribution in [2.24, 2.45) is 5.92 Å². The van der Waals surface area contributed by atoms with Crippen molar-refractivity contribution in [2.45, 2.75) is 39.1 Å². The van der Waals surface area contributed by atoms with Crippen LogP contribution in [0.3, 0.4) is 0 Å². The molecule has 31 heavy (non-hydrogen) atoms. The van der Waals surface area contributed by atoms with Gasteiger partial charge in [-0.05, 0) is 49.9 Å². The van der Waals surface area contributed by atoms with Crippen molar-refractivity contribution in [1.82, 2.24) is 9.78 Å². The second-order valence-corrected chi connectivity index (χ2v) is 7.69. The highest BCUT2D eigenvalue weighted by Crippen LogP contribution is 2.48. The molecule has 162 valence electrons. The summed E-state index contributed by atoms with van der Waals surface area (Å²) in [6, 6.07) is 14.6. The molecular weight excluding hydrogens is 407 g/mol. The molecule has 1 aromatic heterocycles. The summed E-state index contributed by atoms with van der Waals surface area (Å²) in [5.41, 5.74) is 2.28. The van der Waals surface area contributed by atoms with E-state index in [1.807, 2.05) is 30.3 Å². The fraction of sp³-hybridized carbons (Fsp3) is 0.304. The number of ether oxygens (including phenoxy) is 1. The average Bonchev–Trinajstić information content (AvgIpc) is 3.51. The van der Waals surface area contributed by atoms with Gasteiger partial charge in [0.25, 0.3) is 0 Å². The van der Waals surface area contributed by atoms with Gasteiger partial charge >= 0.3 is 6.18 Å². The van der Waals surface area contributed by atoms with Gasteiger partial charge in [-0.15, -0.1) is 0 Å². The summed E-state index contributed by atoms with van der Waals surface area (Å²) in [6.45, 7) is 3.48. The van der Waals surface area contributed by atoms with Crippen LogP contribution in [0.4, 0.5) is 18.9 Å². The number of hydrogen-bond acceptors (Lipinski definition) is 3. The van der Waals surface area contributed by atoms with Crippen molar-refractivity contribution in [3.8, 4) is 5.75 Å². The van der Waals surface area contributed by atoms with Crippen molar-refractivity contribution in [1.29, 1.82) is 0 Å². The molecule has 1 heterocycles. The minimum atomic E-state index is -4.44. The molecule has 0 spiro atoms. The Morgan fingerprint density at radius 3 is 2.61 bits per heavy atom. The number of benzene rings is 2. The van der Waals surface area contributed by atoms with E-state index in [1.165, 1.54) is 16.8 Å². The lowest BCUT2D eigenvalue weighted by Gasteiger charge is -2.11. The molecule has 1 amide bonds. The number of halogens is 3. The number of anilines is 1. The minimum Gasteiger partial charge on any atom is -0.471 e. The lowest BCUT2D eigenvalue weighted by Crippen LogP contribution is -2.16. The highest BCUT2D eigenvalue weighted by Gasteiger charge is 2.44. The van der Waals surface area contributed by atoms with Gasteiger partial charge < -0.3 is 10.1 Å². The predicted molar refractivity (Wildman–Crippen MR) is 110 cm³/mol. The highest BCUT2D eigenvalue weighted by molar-refractivity contribution is 5.96. The molecule has 4 rings (SSSR count). The van der Waals surface area contributed by atoms with Gasteiger partial charge in [-0.2, -0.15) is 18.3 Å². The van der Waals surface area contributed by atoms with E-state index in [2.05, 4.69) is 10.4 Å². The van der Waals surface area contributed by atoms with E-state index in [0.29, 0.717) is 17.1 Å². The summed E-state index contributed by atoms with van der Waals surface area (Å²) < 4.78 is 45.6. The van der Waals surface area contributed by atoms with Crippen LogP contribution < -0.4 is 10.1 Å². The van der Waals surface area contributed by atoms with Crippen molar-refractivity contribution in [3.63, 3.8) is 0 Å². The van der Waals surface area contributed by atoms with Gasteiger partial charge in [-0.25, -0.2) is 4.68 Å². The fourth-order valence-corrected chi connectivity index (χ4v) is 3.67. The molecule has 0 aliphatic heterocycles. The fourth-order valence-electron chi connectivity index (χ4n) is 3.67. The normalized spacial score (nSPS) is 18.0. The molecule has 0 saturated heterocycles. The van der Waals surface area contributed by atoms with E-state index < -0.39 is 11.7 Å². The Labute approximate surface area is 177 Å². The molecule has 1 aliphatic carbocycles. The zero-order chi connectivity index (χ0) is 22.2. The zero-order valence-electron chi connectivity index (χ0n) is 17.1. The molecule has 1 N–H and O–H groups in total. The molecule has 1 aliphatic rings. The quantitative estimate of drug-likeness (QED) is 0.579. The first kappa shape index (κ1) is 21.0. The van der Waals surface area contributed by atoms with Crippen LogP contribution in [-0.2, 0) is 17.7 Å². The van der Waals surface area contributed by atoms with Crippen LogP contribution in [0.2, 0.25) is 0 Å². The number of nitrogens with one attached hydrogen (secondary N) is 1. The number of carbonyl (C=O) groups is 1. The molecule has 8 heteroatoms. The third-order valence-electron chi connectivity index (χ3n) is 5.50. The maximum absolute atomic E-state index is 12.9. The Morgan fingerprint density at radius 1 is 1.16 bits per heavy atom. The number of hydrogen-bond donors (Lipinski definition) is 1. The first-order chi connectivity index (χ1) is 14.7. The number of aromatic nitrogens is 2. The Hall–Kier alpha value is -3.29. The Bertz CT molecular complexity index is 1090. The predicted octanol–water partition coefficient (Wildman–Crippen LogP) is 5.30. The first-order valence-electron chi connectivity index (χ1n) is 9.94. The number of nitrogens with zero attached hydrogens (tertiary/aromatic N) is 2. The second-order valence-electron chi connectivity index (χ2n) is 7.69. The molecule has 2 atom stereocenters. The summed E-state index contributed by atoms with van der Waals surface area (Å²) >= 11 is 0. The van der Waals surface area contributed by atoms with Gasteiger partial charge in [0, 0.05) is 5.92 Å². The van der Waals surface area contributed by atoms with E-state index in [0.717, 1.165) is 24.1 Å². The van der Waals surface area contributed by atoms with E-state index >= 15 is 0 Å². The van der Waals surface area contributed by atoms with E-state index in [4.69, 9.17) is 4.74 Å². The number of rotatable bonds is 6. The van der Waals surface area contributed by atoms with Crippen molar-refractivity contribution < 1.29 is 22.7 Å². The summed E-state index contributed by atoms with van der Waals surface area (Å²) in [4.78, 5) is 12.7. The summed E-state index contributed by atoms with van der Waals surface area (Å²) in [5, 5.41) is 7.32. The van der Waals surface area contributed by atoms with Gasteiger partial charge in [0.05, 0.1) is 22.6 Å². The maximum atomic E-state index is 12.9. The molecule has 3 aromatic rings. The number of aryl methyl sites for hydroxylation is 1. The number of amides is 1. The highest BCUT2D eigenvalue weighted by atomic mass is 19.4. The van der Waals surface area contributed by atoms with Gasteiger partial charge in [0.15, 0.2) is 6.73 Å². The molecular formula is C23H22F3N3O2. The number of alkyl halides is 3. The topological polar surface area (TPSA) is 56.1 Å². The van der Waals surface area contributed by atoms with Crippen LogP contribution >= 0.6 is 0 Å². The first-order valence-corrected chi connectivity index (χ1v) is 9.94. The molecule has 2 unspecified atom stereocenters. The smallest absolute Gasteiger partial charge is 0.416 e. The molecule has 2 aromatic carbocycles. The van der Waals surface area contributed by atoms with Crippen LogP contribution in [0, 0.1) is 19.8 Å². The molecule has 0 bridgehead atoms. The van der Waals surface area contributed by atoms with Gasteiger partial charge in [-0.1, -0.05) is 36.4 Å². The SMILES string of the molecule is Cc1nn(COc2cccc(C(F)(F)F)c2)c(C)c1NC(=O)C1CC1c1ccccc1. The third-order valence-corrected chi connectivity index (χ3v) is 5.50. The van der Waals surface area contributed by atoms with Crippen LogP contribution in [0.5, 0.6) is 5.75 Å². The van der Waals surface area contributed by atoms with Crippen LogP contribution in [-0.4, -0.2) is 15.7 Å². The Balaban J connectivity index is 1.41. The zero-order valence-corrected chi connectivity index (χ0v) is 17.1. The molecule has 1 saturated carbocycles. The maximum Gasteiger partial charge on any atom is 0.416 e. The summed E-state index contributed by atoms with van der Waals surface area (Å²) in [7, 11) is 0. The van der Waals surface area contributed by atoms with Crippen molar-refractivity contribution >= 4 is 11.6 Å². The van der Waals surface area contributed by atoms with E-state index in [-0.39, 0.29) is 30.2 Å². The van der Waals surface area contributed by atoms with Crippen molar-refractivity contribution in [3.05, 3.63) is 77.1 Å². The summed E-state index contributed by atoms with van der Waals surface area (Å²) in [6.07, 6.45) is -3.63. The molecule has 0 radical (unpaired) electrons. The average molecular weight is 429 g/mol. The van der Waals surface area contributed by atoms with E-state index in [1.54, 1.807) is 13.8 Å². The lowest BCUT2D eigenvalue weighted by atomic mass is 10.1. The number of carbonyl (C=O) groups excluding carboxylic acids is 1. The largest absolute Gasteiger partial charge is 0.471 e. The van der Waals surface area contributed by atoms with E-state index in [9.17, 15) is 18.0 Å². The standard InChI is InChI=1S/C23H22F3N3O2/c1-14-21(27-22(30)20-12-19(20)16-7-4-3-5-8-16)15(2)29(28-14)13-31-18-10-6-9-17(11-18)23(24,25)26/h3-11,19-20H,12-13H2,1-2H3,(H,27,30). The van der Waals surface area contributed by atoms with Gasteiger partial charge in [0.1, 0.15) is 5.75 Å². The van der Waals surface area contributed by atoms with Gasteiger partial charge in [-0.3, -0.25) is 4.79 Å². The van der Waals surface area contributed by atoms with Crippen LogP contribution in [0.25, 0.3) is 0 Å². The van der Waals surface area contributed by atoms with Crippen LogP contribution in [0.15, 0.2) is 54.6 Å². The third kappa shape index (κ3) is 4.57.